The van der Waals surface area contributed by atoms with Crippen molar-refractivity contribution in [3.63, 3.8) is 0 Å². The number of nitrogens with zero attached hydrogens (tertiary/aromatic N) is 1. The van der Waals surface area contributed by atoms with Crippen LogP contribution in [0.5, 0.6) is 0 Å². The van der Waals surface area contributed by atoms with Crippen molar-refractivity contribution in [2.45, 2.75) is 12.8 Å². The Morgan fingerprint density at radius 3 is 2.64 bits per heavy atom. The molecule has 0 bridgehead atoms. The summed E-state index contributed by atoms with van der Waals surface area (Å²) in [5.41, 5.74) is 2.15. The monoisotopic (exact) mass is 213 g/mol. The summed E-state index contributed by atoms with van der Waals surface area (Å²) in [5, 5.41) is 0. The minimum Gasteiger partial charge on any atom is -0.377 e. The van der Waals surface area contributed by atoms with Crippen LogP contribution in [0, 0.1) is 5.82 Å². The third-order valence-electron chi connectivity index (χ3n) is 2.13. The topological polar surface area (TPSA) is 3.24 Å². The highest BCUT2D eigenvalue weighted by molar-refractivity contribution is 7.80. The van der Waals surface area contributed by atoms with Gasteiger partial charge in [0.2, 0.25) is 0 Å². The fourth-order valence-electron chi connectivity index (χ4n) is 1.46. The summed E-state index contributed by atoms with van der Waals surface area (Å²) in [6, 6.07) is 4.93. The van der Waals surface area contributed by atoms with E-state index in [4.69, 9.17) is 0 Å². The lowest BCUT2D eigenvalue weighted by Gasteiger charge is -2.17. The lowest BCUT2D eigenvalue weighted by atomic mass is 10.1. The maximum absolute atomic E-state index is 13.0. The van der Waals surface area contributed by atoms with Crippen LogP contribution in [0.4, 0.5) is 10.1 Å². The van der Waals surface area contributed by atoms with Crippen molar-refractivity contribution in [3.8, 4) is 0 Å². The van der Waals surface area contributed by atoms with Crippen molar-refractivity contribution < 1.29 is 4.39 Å². The van der Waals surface area contributed by atoms with Crippen molar-refractivity contribution in [1.29, 1.82) is 0 Å². The van der Waals surface area contributed by atoms with Crippen LogP contribution in [0.3, 0.4) is 0 Å². The van der Waals surface area contributed by atoms with Gasteiger partial charge in [0, 0.05) is 19.8 Å². The second kappa shape index (κ2) is 5.25. The molecule has 0 spiro atoms. The fourth-order valence-corrected chi connectivity index (χ4v) is 1.62. The van der Waals surface area contributed by atoms with Crippen molar-refractivity contribution in [1.82, 2.24) is 0 Å². The molecule has 0 saturated carbocycles. The van der Waals surface area contributed by atoms with Crippen LogP contribution >= 0.6 is 12.6 Å². The zero-order valence-corrected chi connectivity index (χ0v) is 9.52. The molecular weight excluding hydrogens is 197 g/mol. The van der Waals surface area contributed by atoms with Crippen molar-refractivity contribution in [2.24, 2.45) is 0 Å². The average molecular weight is 213 g/mol. The van der Waals surface area contributed by atoms with Gasteiger partial charge in [-0.1, -0.05) is 0 Å². The zero-order valence-electron chi connectivity index (χ0n) is 8.63. The molecule has 0 aliphatic rings. The molecule has 1 rings (SSSR count). The molecule has 0 saturated heterocycles. The number of hydrogen-bond acceptors (Lipinski definition) is 2. The molecule has 0 amide bonds. The second-order valence-corrected chi connectivity index (χ2v) is 3.94. The van der Waals surface area contributed by atoms with Gasteiger partial charge in [-0.05, 0) is 42.4 Å². The van der Waals surface area contributed by atoms with Gasteiger partial charge in [-0.25, -0.2) is 4.39 Å². The first kappa shape index (κ1) is 11.4. The Morgan fingerprint density at radius 2 is 2.07 bits per heavy atom. The Kier molecular flexibility index (Phi) is 4.26. The number of thiol groups is 1. The Morgan fingerprint density at radius 1 is 1.36 bits per heavy atom. The normalized spacial score (nSPS) is 10.3. The minimum atomic E-state index is -0.162. The molecule has 0 aromatic heterocycles. The van der Waals surface area contributed by atoms with E-state index in [-0.39, 0.29) is 5.82 Å². The number of hydrogen-bond donors (Lipinski definition) is 1. The van der Waals surface area contributed by atoms with Crippen LogP contribution in [0.2, 0.25) is 0 Å². The van der Waals surface area contributed by atoms with Crippen LogP contribution in [-0.4, -0.2) is 19.8 Å². The van der Waals surface area contributed by atoms with E-state index in [0.29, 0.717) is 0 Å². The summed E-state index contributed by atoms with van der Waals surface area (Å²) < 4.78 is 13.0. The Labute approximate surface area is 90.3 Å². The Balaban J connectivity index is 2.91. The molecular formula is C11H16FNS. The molecule has 0 aliphatic carbocycles. The SMILES string of the molecule is CN(C)c1ccc(F)cc1CCCS. The van der Waals surface area contributed by atoms with Crippen LogP contribution in [-0.2, 0) is 6.42 Å². The number of rotatable bonds is 4. The Hall–Kier alpha value is -0.700. The number of benzene rings is 1. The van der Waals surface area contributed by atoms with Crippen molar-refractivity contribution >= 4 is 18.3 Å². The molecule has 1 aromatic rings. The van der Waals surface area contributed by atoms with E-state index in [1.165, 1.54) is 6.07 Å². The smallest absolute Gasteiger partial charge is 0.123 e. The van der Waals surface area contributed by atoms with E-state index < -0.39 is 0 Å². The largest absolute Gasteiger partial charge is 0.377 e. The molecule has 3 heteroatoms. The molecule has 0 unspecified atom stereocenters. The van der Waals surface area contributed by atoms with Gasteiger partial charge in [-0.3, -0.25) is 0 Å². The molecule has 78 valence electrons. The van der Waals surface area contributed by atoms with E-state index >= 15 is 0 Å². The summed E-state index contributed by atoms with van der Waals surface area (Å²) in [4.78, 5) is 2.01. The van der Waals surface area contributed by atoms with Gasteiger partial charge >= 0.3 is 0 Å². The third-order valence-corrected chi connectivity index (χ3v) is 2.44. The third kappa shape index (κ3) is 2.91. The van der Waals surface area contributed by atoms with Crippen LogP contribution in [0.15, 0.2) is 18.2 Å². The molecule has 14 heavy (non-hydrogen) atoms. The average Bonchev–Trinajstić information content (AvgIpc) is 2.14. The molecule has 0 aliphatic heterocycles. The van der Waals surface area contributed by atoms with Crippen molar-refractivity contribution in [3.05, 3.63) is 29.6 Å². The first-order chi connectivity index (χ1) is 6.65. The molecule has 0 fully saturated rings. The van der Waals surface area contributed by atoms with Gasteiger partial charge in [-0.15, -0.1) is 0 Å². The quantitative estimate of drug-likeness (QED) is 0.753. The van der Waals surface area contributed by atoms with Gasteiger partial charge in [-0.2, -0.15) is 12.6 Å². The van der Waals surface area contributed by atoms with E-state index in [9.17, 15) is 4.39 Å². The van der Waals surface area contributed by atoms with Crippen LogP contribution in [0.25, 0.3) is 0 Å². The predicted octanol–water partition coefficient (Wildman–Crippen LogP) is 2.75. The minimum absolute atomic E-state index is 0.162. The number of aryl methyl sites for hydroxylation is 1. The summed E-state index contributed by atoms with van der Waals surface area (Å²) in [7, 11) is 3.94. The van der Waals surface area contributed by atoms with E-state index in [1.807, 2.05) is 25.1 Å². The number of halogens is 1. The summed E-state index contributed by atoms with van der Waals surface area (Å²) >= 11 is 4.16. The van der Waals surface area contributed by atoms with Crippen LogP contribution in [0.1, 0.15) is 12.0 Å². The second-order valence-electron chi connectivity index (χ2n) is 3.49. The van der Waals surface area contributed by atoms with Gasteiger partial charge in [0.25, 0.3) is 0 Å². The van der Waals surface area contributed by atoms with E-state index in [0.717, 1.165) is 29.8 Å². The highest BCUT2D eigenvalue weighted by Crippen LogP contribution is 2.21. The molecule has 0 atom stereocenters. The first-order valence-corrected chi connectivity index (χ1v) is 5.35. The summed E-state index contributed by atoms with van der Waals surface area (Å²) in [5.74, 6) is 0.674. The first-order valence-electron chi connectivity index (χ1n) is 4.71. The highest BCUT2D eigenvalue weighted by atomic mass is 32.1. The maximum Gasteiger partial charge on any atom is 0.123 e. The van der Waals surface area contributed by atoms with Crippen molar-refractivity contribution in [2.75, 3.05) is 24.7 Å². The zero-order chi connectivity index (χ0) is 10.6. The molecule has 1 nitrogen and oxygen atoms in total. The summed E-state index contributed by atoms with van der Waals surface area (Å²) in [6.07, 6.45) is 1.86. The number of anilines is 1. The maximum atomic E-state index is 13.0. The highest BCUT2D eigenvalue weighted by Gasteiger charge is 2.05. The molecule has 0 N–H and O–H groups in total. The standard InChI is InChI=1S/C11H16FNS/c1-13(2)11-6-5-10(12)8-9(11)4-3-7-14/h5-6,8,14H,3-4,7H2,1-2H3. The van der Waals surface area contributed by atoms with Gasteiger partial charge in [0.05, 0.1) is 0 Å². The van der Waals surface area contributed by atoms with Crippen LogP contribution < -0.4 is 4.90 Å². The molecule has 1 aromatic carbocycles. The lowest BCUT2D eigenvalue weighted by Crippen LogP contribution is -2.11. The van der Waals surface area contributed by atoms with E-state index in [2.05, 4.69) is 12.6 Å². The van der Waals surface area contributed by atoms with Gasteiger partial charge < -0.3 is 4.90 Å². The lowest BCUT2D eigenvalue weighted by molar-refractivity contribution is 0.625. The fraction of sp³-hybridized carbons (Fsp3) is 0.455. The van der Waals surface area contributed by atoms with Gasteiger partial charge in [0.15, 0.2) is 0 Å². The van der Waals surface area contributed by atoms with Gasteiger partial charge in [0.1, 0.15) is 5.82 Å². The predicted molar refractivity (Wildman–Crippen MR) is 62.9 cm³/mol. The summed E-state index contributed by atoms with van der Waals surface area (Å²) in [6.45, 7) is 0. The molecule has 0 heterocycles. The Bertz CT molecular complexity index is 299. The van der Waals surface area contributed by atoms with E-state index in [1.54, 1.807) is 6.07 Å². The molecule has 0 radical (unpaired) electrons.